The van der Waals surface area contributed by atoms with Crippen molar-refractivity contribution in [1.82, 2.24) is 0 Å². The summed E-state index contributed by atoms with van der Waals surface area (Å²) in [7, 11) is 0. The summed E-state index contributed by atoms with van der Waals surface area (Å²) < 4.78 is 34.7. The number of rotatable bonds is 3. The van der Waals surface area contributed by atoms with Crippen LogP contribution in [0.25, 0.3) is 0 Å². The van der Waals surface area contributed by atoms with E-state index in [1.807, 2.05) is 0 Å². The van der Waals surface area contributed by atoms with Crippen LogP contribution in [0.3, 0.4) is 0 Å². The summed E-state index contributed by atoms with van der Waals surface area (Å²) in [4.78, 5) is 0. The number of halogens is 2. The molecule has 1 aromatic carbocycles. The van der Waals surface area contributed by atoms with Gasteiger partial charge in [0.1, 0.15) is 0 Å². The van der Waals surface area contributed by atoms with Gasteiger partial charge in [0.05, 0.1) is 12.1 Å². The molecule has 4 nitrogen and oxygen atoms in total. The van der Waals surface area contributed by atoms with Gasteiger partial charge >= 0.3 is 6.29 Å². The summed E-state index contributed by atoms with van der Waals surface area (Å²) in [5, 5.41) is 9.90. The molecule has 3 N–H and O–H groups in total. The van der Waals surface area contributed by atoms with E-state index >= 15 is 0 Å². The minimum Gasteiger partial charge on any atom is -0.395 e. The Bertz CT molecular complexity index is 451. The molecule has 1 aliphatic rings. The number of para-hydroxylation sites is 1. The molecule has 1 aliphatic heterocycles. The molecule has 0 saturated carbocycles. The predicted octanol–water partition coefficient (Wildman–Crippen LogP) is 2.02. The Balaban J connectivity index is 2.35. The highest BCUT2D eigenvalue weighted by Crippen LogP contribution is 2.45. The first-order chi connectivity index (χ1) is 8.32. The van der Waals surface area contributed by atoms with E-state index < -0.39 is 18.4 Å². The van der Waals surface area contributed by atoms with Crippen molar-refractivity contribution in [3.05, 3.63) is 23.8 Å². The number of ether oxygens (including phenoxy) is 2. The summed E-state index contributed by atoms with van der Waals surface area (Å²) in [5.74, 6) is -0.266. The van der Waals surface area contributed by atoms with Gasteiger partial charge in [-0.25, -0.2) is 0 Å². The number of aliphatic hydroxyl groups excluding tert-OH is 1. The van der Waals surface area contributed by atoms with Crippen LogP contribution in [0.15, 0.2) is 18.2 Å². The molecule has 0 aromatic heterocycles. The van der Waals surface area contributed by atoms with Gasteiger partial charge in [-0.2, -0.15) is 0 Å². The Kier molecular flexibility index (Phi) is 3.16. The third-order valence-corrected chi connectivity index (χ3v) is 2.87. The lowest BCUT2D eigenvalue weighted by Crippen LogP contribution is -2.31. The van der Waals surface area contributed by atoms with E-state index in [2.05, 4.69) is 9.47 Å². The SMILES string of the molecule is CC(C)[C@@H](O)[C@@H](N)c1cccc2c1OC(F)(F)O2. The Morgan fingerprint density at radius 2 is 1.94 bits per heavy atom. The van der Waals surface area contributed by atoms with Crippen LogP contribution in [0.2, 0.25) is 0 Å². The smallest absolute Gasteiger partial charge is 0.395 e. The van der Waals surface area contributed by atoms with Crippen molar-refractivity contribution in [2.24, 2.45) is 11.7 Å². The van der Waals surface area contributed by atoms with Crippen LogP contribution in [-0.2, 0) is 0 Å². The molecular formula is C12H15F2NO3. The van der Waals surface area contributed by atoms with Crippen molar-refractivity contribution in [1.29, 1.82) is 0 Å². The minimum absolute atomic E-state index is 0.0658. The molecule has 1 heterocycles. The van der Waals surface area contributed by atoms with Crippen LogP contribution < -0.4 is 15.2 Å². The van der Waals surface area contributed by atoms with Crippen LogP contribution in [0.5, 0.6) is 11.5 Å². The fourth-order valence-corrected chi connectivity index (χ4v) is 1.85. The molecule has 1 aromatic rings. The summed E-state index contributed by atoms with van der Waals surface area (Å²) in [6.45, 7) is 3.58. The van der Waals surface area contributed by atoms with E-state index in [-0.39, 0.29) is 17.4 Å². The first-order valence-electron chi connectivity index (χ1n) is 5.64. The molecule has 0 spiro atoms. The number of nitrogens with two attached hydrogens (primary N) is 1. The van der Waals surface area contributed by atoms with E-state index in [0.29, 0.717) is 5.56 Å². The Morgan fingerprint density at radius 1 is 1.28 bits per heavy atom. The minimum atomic E-state index is -3.68. The maximum atomic E-state index is 13.0. The van der Waals surface area contributed by atoms with E-state index in [1.54, 1.807) is 19.9 Å². The molecule has 100 valence electrons. The highest BCUT2D eigenvalue weighted by atomic mass is 19.3. The number of aliphatic hydroxyl groups is 1. The zero-order chi connectivity index (χ0) is 13.5. The Labute approximate surface area is 103 Å². The second-order valence-corrected chi connectivity index (χ2v) is 4.60. The number of hydrogen-bond acceptors (Lipinski definition) is 4. The second-order valence-electron chi connectivity index (χ2n) is 4.60. The van der Waals surface area contributed by atoms with E-state index in [9.17, 15) is 13.9 Å². The lowest BCUT2D eigenvalue weighted by molar-refractivity contribution is -0.287. The molecule has 0 radical (unpaired) electrons. The van der Waals surface area contributed by atoms with E-state index in [4.69, 9.17) is 5.73 Å². The summed E-state index contributed by atoms with van der Waals surface area (Å²) in [5.41, 5.74) is 6.18. The van der Waals surface area contributed by atoms with E-state index in [0.717, 1.165) is 0 Å². The maximum absolute atomic E-state index is 13.0. The predicted molar refractivity (Wildman–Crippen MR) is 60.4 cm³/mol. The molecule has 0 amide bonds. The zero-order valence-electron chi connectivity index (χ0n) is 10.1. The van der Waals surface area contributed by atoms with Crippen LogP contribution in [-0.4, -0.2) is 17.5 Å². The fraction of sp³-hybridized carbons (Fsp3) is 0.500. The van der Waals surface area contributed by atoms with Gasteiger partial charge in [0, 0.05) is 5.56 Å². The zero-order valence-corrected chi connectivity index (χ0v) is 10.1. The van der Waals surface area contributed by atoms with Crippen LogP contribution in [0.4, 0.5) is 8.78 Å². The Hall–Kier alpha value is -1.40. The molecule has 0 aliphatic carbocycles. The van der Waals surface area contributed by atoms with Crippen molar-refractivity contribution in [3.63, 3.8) is 0 Å². The van der Waals surface area contributed by atoms with Crippen LogP contribution in [0.1, 0.15) is 25.5 Å². The topological polar surface area (TPSA) is 64.7 Å². The van der Waals surface area contributed by atoms with Crippen LogP contribution in [0, 0.1) is 5.92 Å². The van der Waals surface area contributed by atoms with Gasteiger partial charge in [-0.15, -0.1) is 8.78 Å². The van der Waals surface area contributed by atoms with Crippen molar-refractivity contribution in [2.45, 2.75) is 32.3 Å². The molecule has 0 saturated heterocycles. The normalized spacial score (nSPS) is 19.9. The average Bonchev–Trinajstić information content (AvgIpc) is 2.60. The maximum Gasteiger partial charge on any atom is 0.586 e. The van der Waals surface area contributed by atoms with E-state index in [1.165, 1.54) is 12.1 Å². The average molecular weight is 259 g/mol. The molecule has 0 fully saturated rings. The molecule has 0 unspecified atom stereocenters. The van der Waals surface area contributed by atoms with Gasteiger partial charge in [-0.1, -0.05) is 26.0 Å². The summed E-state index contributed by atoms with van der Waals surface area (Å²) >= 11 is 0. The van der Waals surface area contributed by atoms with Gasteiger partial charge in [-0.3, -0.25) is 0 Å². The lowest BCUT2D eigenvalue weighted by atomic mass is 9.94. The van der Waals surface area contributed by atoms with Crippen molar-refractivity contribution >= 4 is 0 Å². The Morgan fingerprint density at radius 3 is 2.56 bits per heavy atom. The quantitative estimate of drug-likeness (QED) is 0.871. The summed E-state index contributed by atoms with van der Waals surface area (Å²) in [6.07, 6.45) is -4.53. The molecule has 6 heteroatoms. The van der Waals surface area contributed by atoms with Gasteiger partial charge in [0.15, 0.2) is 11.5 Å². The number of alkyl halides is 2. The fourth-order valence-electron chi connectivity index (χ4n) is 1.85. The monoisotopic (exact) mass is 259 g/mol. The highest BCUT2D eigenvalue weighted by Gasteiger charge is 2.45. The standard InChI is InChI=1S/C12H15F2NO3/c1-6(2)10(16)9(15)7-4-3-5-8-11(7)18-12(13,14)17-8/h3-6,9-10,16H,15H2,1-2H3/t9-,10+/m0/s1. The molecule has 18 heavy (non-hydrogen) atoms. The van der Waals surface area contributed by atoms with Crippen molar-refractivity contribution in [2.75, 3.05) is 0 Å². The number of benzene rings is 1. The number of fused-ring (bicyclic) bond motifs is 1. The molecular weight excluding hydrogens is 244 g/mol. The largest absolute Gasteiger partial charge is 0.586 e. The third kappa shape index (κ3) is 2.26. The molecule has 2 rings (SSSR count). The van der Waals surface area contributed by atoms with Crippen molar-refractivity contribution < 1.29 is 23.4 Å². The third-order valence-electron chi connectivity index (χ3n) is 2.87. The number of hydrogen-bond donors (Lipinski definition) is 2. The van der Waals surface area contributed by atoms with Gasteiger partial charge in [0.2, 0.25) is 0 Å². The van der Waals surface area contributed by atoms with Crippen LogP contribution >= 0.6 is 0 Å². The highest BCUT2D eigenvalue weighted by molar-refractivity contribution is 5.50. The first kappa shape index (κ1) is 13.0. The lowest BCUT2D eigenvalue weighted by Gasteiger charge is -2.23. The second kappa shape index (κ2) is 4.37. The van der Waals surface area contributed by atoms with Crippen molar-refractivity contribution in [3.8, 4) is 11.5 Å². The van der Waals surface area contributed by atoms with Gasteiger partial charge < -0.3 is 20.3 Å². The molecule has 0 bridgehead atoms. The summed E-state index contributed by atoms with van der Waals surface area (Å²) in [6, 6.07) is 3.64. The van der Waals surface area contributed by atoms with Gasteiger partial charge in [-0.05, 0) is 12.0 Å². The first-order valence-corrected chi connectivity index (χ1v) is 5.64. The molecule has 2 atom stereocenters. The van der Waals surface area contributed by atoms with Gasteiger partial charge in [0.25, 0.3) is 0 Å².